The van der Waals surface area contributed by atoms with Gasteiger partial charge in [0.2, 0.25) is 5.91 Å². The van der Waals surface area contributed by atoms with Crippen LogP contribution in [0.25, 0.3) is 0 Å². The van der Waals surface area contributed by atoms with Crippen LogP contribution in [0.2, 0.25) is 0 Å². The van der Waals surface area contributed by atoms with Crippen molar-refractivity contribution in [1.82, 2.24) is 5.32 Å². The van der Waals surface area contributed by atoms with Crippen LogP contribution in [0.3, 0.4) is 0 Å². The molecule has 0 saturated heterocycles. The standard InChI is InChI=1S/C17H24FNO2/c1-12(2)15(8-11-20)19-16(21)17(9-3-10-17)13-4-6-14(18)7-5-13/h4-7,12,15,20H,3,8-11H2,1-2H3,(H,19,21). The first kappa shape index (κ1) is 16.0. The molecule has 0 radical (unpaired) electrons. The average molecular weight is 293 g/mol. The smallest absolute Gasteiger partial charge is 0.230 e. The van der Waals surface area contributed by atoms with Crippen LogP contribution in [0.4, 0.5) is 4.39 Å². The number of halogens is 1. The Kier molecular flexibility index (Phi) is 4.99. The molecule has 4 heteroatoms. The number of benzene rings is 1. The van der Waals surface area contributed by atoms with Gasteiger partial charge in [0, 0.05) is 12.6 Å². The van der Waals surface area contributed by atoms with Gasteiger partial charge in [-0.2, -0.15) is 0 Å². The van der Waals surface area contributed by atoms with Crippen LogP contribution in [0.15, 0.2) is 24.3 Å². The summed E-state index contributed by atoms with van der Waals surface area (Å²) in [6.45, 7) is 4.13. The third-order valence-corrected chi connectivity index (χ3v) is 4.60. The third-order valence-electron chi connectivity index (χ3n) is 4.60. The molecule has 1 aromatic rings. The largest absolute Gasteiger partial charge is 0.396 e. The highest BCUT2D eigenvalue weighted by atomic mass is 19.1. The zero-order valence-electron chi connectivity index (χ0n) is 12.7. The summed E-state index contributed by atoms with van der Waals surface area (Å²) in [6, 6.07) is 6.22. The molecule has 1 aliphatic carbocycles. The molecule has 1 saturated carbocycles. The van der Waals surface area contributed by atoms with Gasteiger partial charge in [0.25, 0.3) is 0 Å². The van der Waals surface area contributed by atoms with Gasteiger partial charge < -0.3 is 10.4 Å². The molecule has 2 N–H and O–H groups in total. The van der Waals surface area contributed by atoms with Crippen LogP contribution >= 0.6 is 0 Å². The average Bonchev–Trinajstić information content (AvgIpc) is 2.39. The monoisotopic (exact) mass is 293 g/mol. The van der Waals surface area contributed by atoms with Crippen LogP contribution in [0.1, 0.15) is 45.1 Å². The van der Waals surface area contributed by atoms with Crippen molar-refractivity contribution in [3.05, 3.63) is 35.6 Å². The molecule has 0 spiro atoms. The van der Waals surface area contributed by atoms with E-state index in [1.165, 1.54) is 12.1 Å². The number of hydrogen-bond donors (Lipinski definition) is 2. The molecule has 1 atom stereocenters. The molecule has 1 unspecified atom stereocenters. The molecular weight excluding hydrogens is 269 g/mol. The van der Waals surface area contributed by atoms with Crippen LogP contribution in [-0.4, -0.2) is 23.7 Å². The minimum atomic E-state index is -0.518. The van der Waals surface area contributed by atoms with Gasteiger partial charge in [0.05, 0.1) is 5.41 Å². The molecule has 116 valence electrons. The molecule has 1 aromatic carbocycles. The SMILES string of the molecule is CC(C)C(CCO)NC(=O)C1(c2ccc(F)cc2)CCC1. The summed E-state index contributed by atoms with van der Waals surface area (Å²) in [5.41, 5.74) is 0.371. The maximum absolute atomic E-state index is 13.1. The van der Waals surface area contributed by atoms with Gasteiger partial charge in [-0.25, -0.2) is 4.39 Å². The lowest BCUT2D eigenvalue weighted by Gasteiger charge is -2.42. The summed E-state index contributed by atoms with van der Waals surface area (Å²) in [6.07, 6.45) is 3.17. The van der Waals surface area contributed by atoms with E-state index in [1.807, 2.05) is 13.8 Å². The van der Waals surface area contributed by atoms with Gasteiger partial charge in [-0.15, -0.1) is 0 Å². The Bertz CT molecular complexity index is 480. The summed E-state index contributed by atoms with van der Waals surface area (Å²) in [4.78, 5) is 12.7. The van der Waals surface area contributed by atoms with E-state index >= 15 is 0 Å². The van der Waals surface area contributed by atoms with Crippen LogP contribution in [0.5, 0.6) is 0 Å². The first-order valence-corrected chi connectivity index (χ1v) is 7.67. The van der Waals surface area contributed by atoms with Crippen molar-refractivity contribution in [3.63, 3.8) is 0 Å². The quantitative estimate of drug-likeness (QED) is 0.847. The Morgan fingerprint density at radius 3 is 2.38 bits per heavy atom. The molecule has 0 heterocycles. The second-order valence-corrected chi connectivity index (χ2v) is 6.28. The fourth-order valence-corrected chi connectivity index (χ4v) is 2.96. The Hall–Kier alpha value is -1.42. The van der Waals surface area contributed by atoms with Gasteiger partial charge >= 0.3 is 0 Å². The molecule has 1 fully saturated rings. The van der Waals surface area contributed by atoms with Gasteiger partial charge in [-0.05, 0) is 42.9 Å². The summed E-state index contributed by atoms with van der Waals surface area (Å²) >= 11 is 0. The van der Waals surface area contributed by atoms with Gasteiger partial charge in [0.15, 0.2) is 0 Å². The van der Waals surface area contributed by atoms with E-state index in [9.17, 15) is 9.18 Å². The van der Waals surface area contributed by atoms with Gasteiger partial charge in [0.1, 0.15) is 5.82 Å². The van der Waals surface area contributed by atoms with Crippen molar-refractivity contribution in [2.75, 3.05) is 6.61 Å². The topological polar surface area (TPSA) is 49.3 Å². The van der Waals surface area contributed by atoms with E-state index in [4.69, 9.17) is 5.11 Å². The van der Waals surface area contributed by atoms with Crippen molar-refractivity contribution >= 4 is 5.91 Å². The number of aliphatic hydroxyl groups is 1. The molecule has 0 aromatic heterocycles. The number of rotatable bonds is 6. The van der Waals surface area contributed by atoms with E-state index in [0.717, 1.165) is 24.8 Å². The van der Waals surface area contributed by atoms with E-state index in [2.05, 4.69) is 5.32 Å². The molecule has 0 aliphatic heterocycles. The number of hydrogen-bond acceptors (Lipinski definition) is 2. The van der Waals surface area contributed by atoms with E-state index < -0.39 is 5.41 Å². The van der Waals surface area contributed by atoms with Crippen molar-refractivity contribution in [1.29, 1.82) is 0 Å². The summed E-state index contributed by atoms with van der Waals surface area (Å²) in [5, 5.41) is 12.2. The fourth-order valence-electron chi connectivity index (χ4n) is 2.96. The predicted molar refractivity (Wildman–Crippen MR) is 80.4 cm³/mol. The minimum absolute atomic E-state index is 0.00695. The summed E-state index contributed by atoms with van der Waals surface area (Å²) in [5.74, 6) is -0.00655. The molecule has 2 rings (SSSR count). The highest BCUT2D eigenvalue weighted by Gasteiger charge is 2.46. The lowest BCUT2D eigenvalue weighted by Crippen LogP contribution is -2.53. The number of aliphatic hydroxyl groups excluding tert-OH is 1. The normalized spacial score (nSPS) is 18.1. The number of amides is 1. The predicted octanol–water partition coefficient (Wildman–Crippen LogP) is 2.77. The maximum atomic E-state index is 13.1. The van der Waals surface area contributed by atoms with Crippen molar-refractivity contribution < 1.29 is 14.3 Å². The van der Waals surface area contributed by atoms with Gasteiger partial charge in [-0.1, -0.05) is 32.4 Å². The zero-order valence-corrected chi connectivity index (χ0v) is 12.7. The lowest BCUT2D eigenvalue weighted by molar-refractivity contribution is -0.131. The third kappa shape index (κ3) is 3.26. The Labute approximate surface area is 125 Å². The number of carbonyl (C=O) groups is 1. The Morgan fingerprint density at radius 1 is 1.33 bits per heavy atom. The van der Waals surface area contributed by atoms with Crippen molar-refractivity contribution in [3.8, 4) is 0 Å². The Morgan fingerprint density at radius 2 is 1.95 bits per heavy atom. The maximum Gasteiger partial charge on any atom is 0.230 e. The molecule has 1 aliphatic rings. The molecule has 3 nitrogen and oxygen atoms in total. The van der Waals surface area contributed by atoms with Crippen molar-refractivity contribution in [2.45, 2.75) is 51.0 Å². The highest BCUT2D eigenvalue weighted by Crippen LogP contribution is 2.44. The number of nitrogens with one attached hydrogen (secondary N) is 1. The van der Waals surface area contributed by atoms with Gasteiger partial charge in [-0.3, -0.25) is 4.79 Å². The van der Waals surface area contributed by atoms with E-state index in [1.54, 1.807) is 12.1 Å². The lowest BCUT2D eigenvalue weighted by atomic mass is 9.63. The van der Waals surface area contributed by atoms with Crippen LogP contribution in [0, 0.1) is 11.7 Å². The fraction of sp³-hybridized carbons (Fsp3) is 0.588. The van der Waals surface area contributed by atoms with E-state index in [-0.39, 0.29) is 30.3 Å². The summed E-state index contributed by atoms with van der Waals surface area (Å²) in [7, 11) is 0. The first-order valence-electron chi connectivity index (χ1n) is 7.67. The minimum Gasteiger partial charge on any atom is -0.396 e. The second-order valence-electron chi connectivity index (χ2n) is 6.28. The summed E-state index contributed by atoms with van der Waals surface area (Å²) < 4.78 is 13.1. The first-order chi connectivity index (χ1) is 9.99. The molecule has 0 bridgehead atoms. The van der Waals surface area contributed by atoms with E-state index in [0.29, 0.717) is 6.42 Å². The second kappa shape index (κ2) is 6.56. The zero-order chi connectivity index (χ0) is 15.5. The molecule has 21 heavy (non-hydrogen) atoms. The molecular formula is C17H24FNO2. The molecule has 1 amide bonds. The van der Waals surface area contributed by atoms with Crippen LogP contribution in [-0.2, 0) is 10.2 Å². The number of carbonyl (C=O) groups excluding carboxylic acids is 1. The van der Waals surface area contributed by atoms with Crippen LogP contribution < -0.4 is 5.32 Å². The van der Waals surface area contributed by atoms with Crippen molar-refractivity contribution in [2.24, 2.45) is 5.92 Å². The Balaban J connectivity index is 2.16. The highest BCUT2D eigenvalue weighted by molar-refractivity contribution is 5.89.